The lowest BCUT2D eigenvalue weighted by Gasteiger charge is -2.33. The maximum Gasteiger partial charge on any atom is 0.284 e. The highest BCUT2D eigenvalue weighted by Gasteiger charge is 2.47. The lowest BCUT2D eigenvalue weighted by atomic mass is 9.36. The number of benzene rings is 6. The van der Waals surface area contributed by atoms with Crippen molar-refractivity contribution in [1.82, 2.24) is 9.13 Å². The zero-order chi connectivity index (χ0) is 28.1. The van der Waals surface area contributed by atoms with Gasteiger partial charge in [0.05, 0.1) is 11.0 Å². The summed E-state index contributed by atoms with van der Waals surface area (Å²) >= 11 is 0. The second kappa shape index (κ2) is 8.43. The Morgan fingerprint density at radius 1 is 0.465 bits per heavy atom. The van der Waals surface area contributed by atoms with E-state index in [1.807, 2.05) is 0 Å². The Kier molecular flexibility index (Phi) is 4.50. The second-order valence-electron chi connectivity index (χ2n) is 11.3. The van der Waals surface area contributed by atoms with Gasteiger partial charge >= 0.3 is 0 Å². The SMILES string of the molecule is c1ccc(-n2c3c(c4ccccc42)B2c4c(cc5ccccc5c4Oc4c2n(-c2ccccc2)c2ccccc42)O3)cc1. The van der Waals surface area contributed by atoms with Crippen molar-refractivity contribution in [3.8, 4) is 34.5 Å². The molecule has 0 amide bonds. The van der Waals surface area contributed by atoms with Crippen molar-refractivity contribution in [3.63, 3.8) is 0 Å². The largest absolute Gasteiger partial charge is 0.455 e. The number of hydrogen-bond acceptors (Lipinski definition) is 2. The molecular weight excluding hydrogens is 527 g/mol. The third kappa shape index (κ3) is 3.01. The van der Waals surface area contributed by atoms with Crippen LogP contribution in [0.5, 0.6) is 23.1 Å². The van der Waals surface area contributed by atoms with Gasteiger partial charge in [0.15, 0.2) is 0 Å². The van der Waals surface area contributed by atoms with Crippen molar-refractivity contribution in [1.29, 1.82) is 0 Å². The number of para-hydroxylation sites is 4. The van der Waals surface area contributed by atoms with Gasteiger partial charge in [0.25, 0.3) is 6.71 Å². The average Bonchev–Trinajstić information content (AvgIpc) is 3.58. The van der Waals surface area contributed by atoms with Gasteiger partial charge in [-0.25, -0.2) is 0 Å². The average molecular weight is 550 g/mol. The summed E-state index contributed by atoms with van der Waals surface area (Å²) in [5.74, 6) is 3.47. The quantitative estimate of drug-likeness (QED) is 0.209. The number of hydrogen-bond donors (Lipinski definition) is 0. The Hall–Kier alpha value is -5.68. The minimum Gasteiger partial charge on any atom is -0.455 e. The van der Waals surface area contributed by atoms with Gasteiger partial charge in [-0.2, -0.15) is 0 Å². The van der Waals surface area contributed by atoms with Crippen LogP contribution >= 0.6 is 0 Å². The van der Waals surface area contributed by atoms with Crippen LogP contribution in [0.1, 0.15) is 0 Å². The molecule has 0 saturated carbocycles. The molecule has 6 aromatic carbocycles. The Morgan fingerprint density at radius 3 is 1.79 bits per heavy atom. The molecule has 4 heterocycles. The van der Waals surface area contributed by atoms with Crippen molar-refractivity contribution in [2.24, 2.45) is 0 Å². The molecule has 0 N–H and O–H groups in total. The molecule has 5 heteroatoms. The third-order valence-electron chi connectivity index (χ3n) is 9.02. The topological polar surface area (TPSA) is 28.3 Å². The van der Waals surface area contributed by atoms with Gasteiger partial charge in [0.1, 0.15) is 17.2 Å². The van der Waals surface area contributed by atoms with Crippen LogP contribution in [0.15, 0.2) is 140 Å². The second-order valence-corrected chi connectivity index (χ2v) is 11.3. The number of nitrogens with zero attached hydrogens (tertiary/aromatic N) is 2. The molecule has 0 saturated heterocycles. The highest BCUT2D eigenvalue weighted by Crippen LogP contribution is 2.45. The Balaban J connectivity index is 1.41. The predicted molar refractivity (Wildman–Crippen MR) is 175 cm³/mol. The van der Waals surface area contributed by atoms with E-state index >= 15 is 0 Å². The lowest BCUT2D eigenvalue weighted by Crippen LogP contribution is -2.59. The molecule has 0 atom stereocenters. The van der Waals surface area contributed by atoms with Crippen molar-refractivity contribution >= 4 is 55.8 Å². The molecule has 200 valence electrons. The first-order chi connectivity index (χ1) is 21.4. The molecular formula is C38H23BN2O2. The first-order valence-electron chi connectivity index (χ1n) is 14.7. The summed E-state index contributed by atoms with van der Waals surface area (Å²) in [7, 11) is 0. The number of fused-ring (bicyclic) bond motifs is 10. The van der Waals surface area contributed by atoms with E-state index in [9.17, 15) is 0 Å². The molecule has 0 bridgehead atoms. The number of ether oxygens (including phenoxy) is 2. The highest BCUT2D eigenvalue weighted by atomic mass is 16.5. The van der Waals surface area contributed by atoms with Crippen molar-refractivity contribution in [3.05, 3.63) is 140 Å². The minimum atomic E-state index is -0.121. The van der Waals surface area contributed by atoms with E-state index in [2.05, 4.69) is 149 Å². The molecule has 0 spiro atoms. The van der Waals surface area contributed by atoms with E-state index in [-0.39, 0.29) is 6.71 Å². The van der Waals surface area contributed by atoms with E-state index in [1.54, 1.807) is 0 Å². The fourth-order valence-electron chi connectivity index (χ4n) is 7.30. The van der Waals surface area contributed by atoms with E-state index in [0.717, 1.165) is 78.2 Å². The van der Waals surface area contributed by atoms with Crippen LogP contribution in [-0.2, 0) is 0 Å². The fourth-order valence-corrected chi connectivity index (χ4v) is 7.30. The van der Waals surface area contributed by atoms with Crippen molar-refractivity contribution in [2.75, 3.05) is 0 Å². The molecule has 10 rings (SSSR count). The first-order valence-corrected chi connectivity index (χ1v) is 14.7. The molecule has 2 aliphatic heterocycles. The van der Waals surface area contributed by atoms with Crippen molar-refractivity contribution in [2.45, 2.75) is 0 Å². The summed E-state index contributed by atoms with van der Waals surface area (Å²) in [4.78, 5) is 0. The van der Waals surface area contributed by atoms with Crippen LogP contribution in [0, 0.1) is 0 Å². The van der Waals surface area contributed by atoms with E-state index in [0.29, 0.717) is 0 Å². The number of rotatable bonds is 2. The summed E-state index contributed by atoms with van der Waals surface area (Å²) in [5, 5.41) is 4.46. The fraction of sp³-hybridized carbons (Fsp3) is 0. The molecule has 0 unspecified atom stereocenters. The maximum absolute atomic E-state index is 7.06. The summed E-state index contributed by atoms with van der Waals surface area (Å²) in [6.07, 6.45) is 0. The molecule has 8 aromatic rings. The number of aromatic nitrogens is 2. The molecule has 43 heavy (non-hydrogen) atoms. The minimum absolute atomic E-state index is 0.121. The molecule has 0 fully saturated rings. The van der Waals surface area contributed by atoms with Crippen LogP contribution in [0.25, 0.3) is 44.0 Å². The van der Waals surface area contributed by atoms with Gasteiger partial charge in [0, 0.05) is 38.7 Å². The van der Waals surface area contributed by atoms with Gasteiger partial charge in [-0.15, -0.1) is 0 Å². The third-order valence-corrected chi connectivity index (χ3v) is 9.02. The highest BCUT2D eigenvalue weighted by molar-refractivity contribution is 6.99. The van der Waals surface area contributed by atoms with Crippen LogP contribution in [-0.4, -0.2) is 15.8 Å². The zero-order valence-corrected chi connectivity index (χ0v) is 23.1. The Morgan fingerprint density at radius 2 is 1.05 bits per heavy atom. The smallest absolute Gasteiger partial charge is 0.284 e. The summed E-state index contributed by atoms with van der Waals surface area (Å²) in [5.41, 5.74) is 7.78. The van der Waals surface area contributed by atoms with Gasteiger partial charge in [0.2, 0.25) is 5.88 Å². The monoisotopic (exact) mass is 550 g/mol. The van der Waals surface area contributed by atoms with Crippen LogP contribution in [0.4, 0.5) is 0 Å². The summed E-state index contributed by atoms with van der Waals surface area (Å²) in [6, 6.07) is 49.0. The summed E-state index contributed by atoms with van der Waals surface area (Å²) in [6.45, 7) is -0.121. The van der Waals surface area contributed by atoms with E-state index in [4.69, 9.17) is 9.47 Å². The van der Waals surface area contributed by atoms with E-state index < -0.39 is 0 Å². The molecule has 2 aromatic heterocycles. The van der Waals surface area contributed by atoms with Crippen molar-refractivity contribution < 1.29 is 9.47 Å². The maximum atomic E-state index is 7.06. The summed E-state index contributed by atoms with van der Waals surface area (Å²) < 4.78 is 18.7. The Bertz CT molecular complexity index is 2410. The normalized spacial score (nSPS) is 13.0. The van der Waals surface area contributed by atoms with Gasteiger partial charge in [-0.05, 0) is 59.3 Å². The molecule has 2 aliphatic rings. The first kappa shape index (κ1) is 22.9. The molecule has 0 radical (unpaired) electrons. The van der Waals surface area contributed by atoms with Gasteiger partial charge < -0.3 is 14.0 Å². The van der Waals surface area contributed by atoms with Crippen LogP contribution in [0.3, 0.4) is 0 Å². The van der Waals surface area contributed by atoms with Gasteiger partial charge in [-0.3, -0.25) is 4.57 Å². The zero-order valence-electron chi connectivity index (χ0n) is 23.1. The van der Waals surface area contributed by atoms with Crippen LogP contribution in [0.2, 0.25) is 0 Å². The van der Waals surface area contributed by atoms with E-state index in [1.165, 1.54) is 5.39 Å². The molecule has 4 nitrogen and oxygen atoms in total. The van der Waals surface area contributed by atoms with Crippen LogP contribution < -0.4 is 26.0 Å². The standard InChI is InChI=1S/C38H23BN2O2/c1-3-14-25(15-4-1)40-31-22-12-10-20-29(31)36-37(40)39-33-28-19-9-11-21-30(28)41(26-16-5-2-6-17-26)38(33)42-32-23-24-13-7-8-18-27(24)35(43-36)34(32)39/h1-23H. The lowest BCUT2D eigenvalue weighted by molar-refractivity contribution is 0.451. The Labute approximate surface area is 248 Å². The predicted octanol–water partition coefficient (Wildman–Crippen LogP) is 7.46. The van der Waals surface area contributed by atoms with Gasteiger partial charge in [-0.1, -0.05) is 91.0 Å². The molecule has 0 aliphatic carbocycles.